The van der Waals surface area contributed by atoms with E-state index in [0.29, 0.717) is 11.8 Å². The Morgan fingerprint density at radius 3 is 2.17 bits per heavy atom. The second-order valence-corrected chi connectivity index (χ2v) is 10.2. The number of carbonyl (C=O) groups excluding carboxylic acids is 2. The number of halogens is 1. The van der Waals surface area contributed by atoms with Crippen LogP contribution < -0.4 is 16.8 Å². The lowest BCUT2D eigenvalue weighted by atomic mass is 9.98. The highest BCUT2D eigenvalue weighted by atomic mass is 19.1. The van der Waals surface area contributed by atoms with Gasteiger partial charge in [-0.2, -0.15) is 10.3 Å². The first-order chi connectivity index (χ1) is 16.3. The van der Waals surface area contributed by atoms with E-state index in [1.165, 1.54) is 9.80 Å². The van der Waals surface area contributed by atoms with Gasteiger partial charge in [0, 0.05) is 53.2 Å². The second-order valence-electron chi connectivity index (χ2n) is 10.2. The molecule has 3 aliphatic rings. The molecule has 0 radical (unpaired) electrons. The molecule has 0 spiro atoms. The van der Waals surface area contributed by atoms with Crippen molar-refractivity contribution in [3.8, 4) is 6.07 Å². The summed E-state index contributed by atoms with van der Waals surface area (Å²) in [5.74, 6) is 0.642. The zero-order valence-electron chi connectivity index (χ0n) is 21.3. The zero-order valence-corrected chi connectivity index (χ0v) is 21.3. The molecule has 13 heteroatoms. The van der Waals surface area contributed by atoms with E-state index in [9.17, 15) is 14.0 Å². The number of nitrogens with two attached hydrogens (primary N) is 2. The van der Waals surface area contributed by atoms with Crippen molar-refractivity contribution < 1.29 is 14.0 Å². The zero-order chi connectivity index (χ0) is 26.5. The molecular formula is C22H39FN10O2. The third-order valence-electron chi connectivity index (χ3n) is 6.70. The summed E-state index contributed by atoms with van der Waals surface area (Å²) in [6.07, 6.45) is 0.829. The minimum absolute atomic E-state index is 0.0162. The molecule has 3 rings (SSSR count). The van der Waals surface area contributed by atoms with Gasteiger partial charge in [-0.05, 0) is 31.6 Å². The van der Waals surface area contributed by atoms with Crippen molar-refractivity contribution in [3.05, 3.63) is 0 Å². The molecule has 2 saturated heterocycles. The Labute approximate surface area is 206 Å². The van der Waals surface area contributed by atoms with E-state index >= 15 is 0 Å². The lowest BCUT2D eigenvalue weighted by Crippen LogP contribution is -2.49. The summed E-state index contributed by atoms with van der Waals surface area (Å²) >= 11 is 0. The van der Waals surface area contributed by atoms with Gasteiger partial charge in [-0.15, -0.1) is 0 Å². The smallest absolute Gasteiger partial charge is 0.319 e. The molecule has 2 aliphatic heterocycles. The lowest BCUT2D eigenvalue weighted by Gasteiger charge is -2.30. The van der Waals surface area contributed by atoms with Crippen molar-refractivity contribution in [1.82, 2.24) is 24.9 Å². The van der Waals surface area contributed by atoms with Crippen LogP contribution in [0.1, 0.15) is 26.2 Å². The summed E-state index contributed by atoms with van der Waals surface area (Å²) in [7, 11) is 6.91. The summed E-state index contributed by atoms with van der Waals surface area (Å²) in [6, 6.07) is 1.42. The lowest BCUT2D eigenvalue weighted by molar-refractivity contribution is -0.130. The number of guanidine groups is 2. The van der Waals surface area contributed by atoms with Crippen LogP contribution in [0.5, 0.6) is 0 Å². The average Bonchev–Trinajstić information content (AvgIpc) is 3.42. The van der Waals surface area contributed by atoms with Gasteiger partial charge in [0.25, 0.3) is 0 Å². The van der Waals surface area contributed by atoms with Gasteiger partial charge in [-0.1, -0.05) is 0 Å². The third kappa shape index (κ3) is 7.42. The maximum atomic E-state index is 13.5. The number of nitriles is 1. The molecule has 5 atom stereocenters. The standard InChI is InChI=1S/C18H28FN5O2.C4H11N5/c1-18(21-8-16(25)24-11-14(19)4-15(24)7-20)5-12-9-23(10-13(12)6-18)17(26)22(2)3;1-9(2)4(7)8-3(5)6/h12-15,21H,4-6,8-11H2,1-3H3;1-2H3,(H5,5,6,7,8)/t12-,13+,14-,15-,18?;/m0./s1. The maximum absolute atomic E-state index is 13.5. The fraction of sp³-hybridized carbons (Fsp3) is 0.773. The number of likely N-dealkylation sites (tertiary alicyclic amines) is 2. The van der Waals surface area contributed by atoms with Crippen LogP contribution >= 0.6 is 0 Å². The van der Waals surface area contributed by atoms with Crippen LogP contribution in [0.25, 0.3) is 0 Å². The molecule has 12 nitrogen and oxygen atoms in total. The molecule has 1 aliphatic carbocycles. The van der Waals surface area contributed by atoms with Gasteiger partial charge in [0.05, 0.1) is 19.2 Å². The average molecular weight is 495 g/mol. The number of hydrogen-bond donors (Lipinski definition) is 4. The van der Waals surface area contributed by atoms with Gasteiger partial charge < -0.3 is 36.4 Å². The van der Waals surface area contributed by atoms with E-state index in [1.807, 2.05) is 11.0 Å². The Kier molecular flexibility index (Phi) is 9.25. The Balaban J connectivity index is 0.000000410. The van der Waals surface area contributed by atoms with Gasteiger partial charge >= 0.3 is 6.03 Å². The highest BCUT2D eigenvalue weighted by molar-refractivity contribution is 5.91. The number of hydrogen-bond acceptors (Lipinski definition) is 5. The number of amides is 3. The Morgan fingerprint density at radius 2 is 1.74 bits per heavy atom. The van der Waals surface area contributed by atoms with Crippen molar-refractivity contribution in [2.24, 2.45) is 28.3 Å². The van der Waals surface area contributed by atoms with Gasteiger partial charge in [-0.3, -0.25) is 10.2 Å². The van der Waals surface area contributed by atoms with Crippen LogP contribution in [0.4, 0.5) is 9.18 Å². The van der Waals surface area contributed by atoms with Gasteiger partial charge in [-0.25, -0.2) is 9.18 Å². The Bertz CT molecular complexity index is 853. The van der Waals surface area contributed by atoms with E-state index in [4.69, 9.17) is 22.1 Å². The molecule has 6 N–H and O–H groups in total. The number of urea groups is 1. The van der Waals surface area contributed by atoms with E-state index in [1.54, 1.807) is 33.1 Å². The first-order valence-corrected chi connectivity index (χ1v) is 11.7. The second kappa shape index (κ2) is 11.5. The van der Waals surface area contributed by atoms with Crippen molar-refractivity contribution in [3.63, 3.8) is 0 Å². The summed E-state index contributed by atoms with van der Waals surface area (Å²) in [4.78, 5) is 34.4. The number of nitrogens with one attached hydrogen (secondary N) is 2. The molecule has 3 fully saturated rings. The maximum Gasteiger partial charge on any atom is 0.319 e. The predicted molar refractivity (Wildman–Crippen MR) is 131 cm³/mol. The molecular weight excluding hydrogens is 455 g/mol. The SMILES string of the molecule is CN(C)C(=N)N=C(N)N.CN(C)C(=O)N1C[C@@H]2CC(C)(NCC(=O)N3C[C@@H](F)C[C@H]3C#N)C[C@@H]2C1. The molecule has 1 saturated carbocycles. The highest BCUT2D eigenvalue weighted by Crippen LogP contribution is 2.43. The minimum Gasteiger partial charge on any atom is -0.370 e. The fourth-order valence-corrected chi connectivity index (χ4v) is 5.02. The van der Waals surface area contributed by atoms with Crippen LogP contribution in [0, 0.1) is 28.6 Å². The summed E-state index contributed by atoms with van der Waals surface area (Å²) < 4.78 is 13.5. The molecule has 1 unspecified atom stereocenters. The monoisotopic (exact) mass is 494 g/mol. The van der Waals surface area contributed by atoms with E-state index in [-0.39, 0.29) is 48.9 Å². The number of carbonyl (C=O) groups is 2. The quantitative estimate of drug-likeness (QED) is 0.305. The first kappa shape index (κ1) is 28.1. The largest absolute Gasteiger partial charge is 0.370 e. The van der Waals surface area contributed by atoms with Crippen LogP contribution in [-0.2, 0) is 4.79 Å². The predicted octanol–water partition coefficient (Wildman–Crippen LogP) is -0.423. The Morgan fingerprint density at radius 1 is 1.17 bits per heavy atom. The van der Waals surface area contributed by atoms with Crippen LogP contribution in [0.2, 0.25) is 0 Å². The number of aliphatic imine (C=N–C) groups is 1. The number of rotatable bonds is 3. The summed E-state index contributed by atoms with van der Waals surface area (Å²) in [6.45, 7) is 3.78. The first-order valence-electron chi connectivity index (χ1n) is 11.7. The van der Waals surface area contributed by atoms with Crippen LogP contribution in [0.15, 0.2) is 4.99 Å². The molecule has 0 aromatic heterocycles. The van der Waals surface area contributed by atoms with E-state index < -0.39 is 12.2 Å². The van der Waals surface area contributed by atoms with Crippen molar-refractivity contribution >= 4 is 23.9 Å². The van der Waals surface area contributed by atoms with E-state index in [2.05, 4.69) is 17.2 Å². The van der Waals surface area contributed by atoms with Crippen molar-refractivity contribution in [1.29, 1.82) is 10.7 Å². The molecule has 3 amide bonds. The van der Waals surface area contributed by atoms with Crippen LogP contribution in [-0.4, -0.2) is 116 Å². The van der Waals surface area contributed by atoms with E-state index in [0.717, 1.165) is 25.9 Å². The fourth-order valence-electron chi connectivity index (χ4n) is 5.02. The van der Waals surface area contributed by atoms with Gasteiger partial charge in [0.1, 0.15) is 12.2 Å². The summed E-state index contributed by atoms with van der Waals surface area (Å²) in [5.41, 5.74) is 9.83. The Hall–Kier alpha value is -3.14. The van der Waals surface area contributed by atoms with Crippen molar-refractivity contribution in [2.75, 3.05) is 54.4 Å². The number of alkyl halides is 1. The molecule has 2 heterocycles. The normalized spacial score (nSPS) is 28.9. The molecule has 196 valence electrons. The molecule has 0 aromatic rings. The van der Waals surface area contributed by atoms with Gasteiger partial charge in [0.15, 0.2) is 5.96 Å². The molecule has 0 bridgehead atoms. The van der Waals surface area contributed by atoms with Crippen molar-refractivity contribution in [2.45, 2.75) is 43.9 Å². The van der Waals surface area contributed by atoms with Crippen LogP contribution in [0.3, 0.4) is 0 Å². The summed E-state index contributed by atoms with van der Waals surface area (Å²) in [5, 5.41) is 19.5. The van der Waals surface area contributed by atoms with Gasteiger partial charge in [0.2, 0.25) is 11.9 Å². The molecule has 35 heavy (non-hydrogen) atoms. The topological polar surface area (TPSA) is 171 Å². The minimum atomic E-state index is -1.11. The highest BCUT2D eigenvalue weighted by Gasteiger charge is 2.48. The number of nitrogens with zero attached hydrogens (tertiary/aromatic N) is 6. The number of fused-ring (bicyclic) bond motifs is 1. The molecule has 0 aromatic carbocycles. The third-order valence-corrected chi connectivity index (χ3v) is 6.70.